The molecular weight excluding hydrogens is 230 g/mol. The van der Waals surface area contributed by atoms with E-state index in [1.54, 1.807) is 0 Å². The molecule has 98 valence electrons. The number of benzene rings is 2. The lowest BCUT2D eigenvalue weighted by Crippen LogP contribution is -2.27. The molecule has 0 N–H and O–H groups in total. The van der Waals surface area contributed by atoms with E-state index in [0.29, 0.717) is 5.92 Å². The molecule has 1 heterocycles. The van der Waals surface area contributed by atoms with E-state index in [1.165, 1.54) is 36.2 Å². The number of nitrogens with zero attached hydrogens (tertiary/aromatic N) is 1. The van der Waals surface area contributed by atoms with Crippen molar-refractivity contribution in [3.63, 3.8) is 0 Å². The van der Waals surface area contributed by atoms with E-state index in [9.17, 15) is 0 Å². The highest BCUT2D eigenvalue weighted by molar-refractivity contribution is 5.38. The van der Waals surface area contributed by atoms with Gasteiger partial charge in [-0.15, -0.1) is 0 Å². The SMILES string of the molecule is CN1CCc2ccccc2[C@H](c2ccccc2)CC1. The van der Waals surface area contributed by atoms with Crippen LogP contribution in [0, 0.1) is 0 Å². The fraction of sp³-hybridized carbons (Fsp3) is 0.333. The molecule has 0 unspecified atom stereocenters. The van der Waals surface area contributed by atoms with Crippen molar-refractivity contribution in [2.75, 3.05) is 20.1 Å². The molecule has 0 aliphatic carbocycles. The smallest absolute Gasteiger partial charge is 0.0104 e. The third-order valence-corrected chi connectivity index (χ3v) is 4.19. The third-order valence-electron chi connectivity index (χ3n) is 4.19. The van der Waals surface area contributed by atoms with Gasteiger partial charge in [0.15, 0.2) is 0 Å². The lowest BCUT2D eigenvalue weighted by atomic mass is 9.84. The van der Waals surface area contributed by atoms with Crippen molar-refractivity contribution >= 4 is 0 Å². The summed E-state index contributed by atoms with van der Waals surface area (Å²) in [5, 5.41) is 0. The molecule has 0 bridgehead atoms. The van der Waals surface area contributed by atoms with Crippen LogP contribution < -0.4 is 0 Å². The molecule has 0 saturated heterocycles. The van der Waals surface area contributed by atoms with Crippen LogP contribution in [0.15, 0.2) is 54.6 Å². The Morgan fingerprint density at radius 2 is 1.63 bits per heavy atom. The summed E-state index contributed by atoms with van der Waals surface area (Å²) in [6.07, 6.45) is 2.37. The second kappa shape index (κ2) is 5.58. The van der Waals surface area contributed by atoms with Crippen LogP contribution >= 0.6 is 0 Å². The van der Waals surface area contributed by atoms with Crippen LogP contribution in [0.5, 0.6) is 0 Å². The zero-order valence-electron chi connectivity index (χ0n) is 11.5. The topological polar surface area (TPSA) is 3.24 Å². The van der Waals surface area contributed by atoms with Crippen LogP contribution in [0.25, 0.3) is 0 Å². The van der Waals surface area contributed by atoms with Gasteiger partial charge >= 0.3 is 0 Å². The van der Waals surface area contributed by atoms with Gasteiger partial charge in [0.1, 0.15) is 0 Å². The minimum Gasteiger partial charge on any atom is -0.306 e. The highest BCUT2D eigenvalue weighted by atomic mass is 15.1. The highest BCUT2D eigenvalue weighted by Gasteiger charge is 2.20. The average Bonchev–Trinajstić information content (AvgIpc) is 2.45. The first-order chi connectivity index (χ1) is 9.34. The van der Waals surface area contributed by atoms with E-state index in [2.05, 4.69) is 66.5 Å². The van der Waals surface area contributed by atoms with Crippen LogP contribution in [0.2, 0.25) is 0 Å². The maximum absolute atomic E-state index is 2.45. The predicted molar refractivity (Wildman–Crippen MR) is 80.5 cm³/mol. The first kappa shape index (κ1) is 12.4. The number of hydrogen-bond donors (Lipinski definition) is 0. The van der Waals surface area contributed by atoms with Crippen molar-refractivity contribution in [2.24, 2.45) is 0 Å². The molecule has 1 nitrogen and oxygen atoms in total. The van der Waals surface area contributed by atoms with Crippen molar-refractivity contribution in [2.45, 2.75) is 18.8 Å². The molecule has 1 aliphatic heterocycles. The van der Waals surface area contributed by atoms with Crippen LogP contribution in [-0.4, -0.2) is 25.0 Å². The van der Waals surface area contributed by atoms with Crippen LogP contribution in [0.4, 0.5) is 0 Å². The summed E-state index contributed by atoms with van der Waals surface area (Å²) in [6, 6.07) is 19.9. The van der Waals surface area contributed by atoms with Crippen molar-refractivity contribution < 1.29 is 0 Å². The Hall–Kier alpha value is -1.60. The Kier molecular flexibility index (Phi) is 3.65. The van der Waals surface area contributed by atoms with Gasteiger partial charge in [0.05, 0.1) is 0 Å². The van der Waals surface area contributed by atoms with E-state index >= 15 is 0 Å². The molecular formula is C18H21N. The van der Waals surface area contributed by atoms with Crippen molar-refractivity contribution in [3.8, 4) is 0 Å². The monoisotopic (exact) mass is 251 g/mol. The number of rotatable bonds is 1. The first-order valence-corrected chi connectivity index (χ1v) is 7.16. The minimum absolute atomic E-state index is 0.542. The zero-order valence-corrected chi connectivity index (χ0v) is 11.5. The minimum atomic E-state index is 0.542. The molecule has 0 aromatic heterocycles. The summed E-state index contributed by atoms with van der Waals surface area (Å²) in [7, 11) is 2.23. The Morgan fingerprint density at radius 3 is 2.47 bits per heavy atom. The second-order valence-corrected chi connectivity index (χ2v) is 5.50. The Labute approximate surface area is 115 Å². The van der Waals surface area contributed by atoms with Crippen molar-refractivity contribution in [1.82, 2.24) is 4.90 Å². The van der Waals surface area contributed by atoms with Crippen LogP contribution in [0.3, 0.4) is 0 Å². The Morgan fingerprint density at radius 1 is 0.895 bits per heavy atom. The third kappa shape index (κ3) is 2.71. The summed E-state index contributed by atoms with van der Waals surface area (Å²) in [6.45, 7) is 2.34. The van der Waals surface area contributed by atoms with Crippen molar-refractivity contribution in [3.05, 3.63) is 71.3 Å². The fourth-order valence-corrected chi connectivity index (χ4v) is 3.06. The molecule has 0 saturated carbocycles. The van der Waals surface area contributed by atoms with Gasteiger partial charge in [-0.2, -0.15) is 0 Å². The van der Waals surface area contributed by atoms with E-state index < -0.39 is 0 Å². The van der Waals surface area contributed by atoms with Gasteiger partial charge in [-0.1, -0.05) is 54.6 Å². The summed E-state index contributed by atoms with van der Waals surface area (Å²) in [5.74, 6) is 0.542. The zero-order chi connectivity index (χ0) is 13.1. The lowest BCUT2D eigenvalue weighted by Gasteiger charge is -2.28. The maximum atomic E-state index is 2.45. The molecule has 3 rings (SSSR count). The molecule has 0 spiro atoms. The van der Waals surface area contributed by atoms with Gasteiger partial charge in [-0.25, -0.2) is 0 Å². The van der Waals surface area contributed by atoms with Gasteiger partial charge in [0.25, 0.3) is 0 Å². The predicted octanol–water partition coefficient (Wildman–Crippen LogP) is 3.70. The van der Waals surface area contributed by atoms with E-state index in [4.69, 9.17) is 0 Å². The van der Waals surface area contributed by atoms with Gasteiger partial charge in [-0.05, 0) is 43.1 Å². The van der Waals surface area contributed by atoms with E-state index in [0.717, 1.165) is 6.42 Å². The second-order valence-electron chi connectivity index (χ2n) is 5.50. The largest absolute Gasteiger partial charge is 0.306 e. The van der Waals surface area contributed by atoms with Gasteiger partial charge < -0.3 is 4.90 Å². The summed E-state index contributed by atoms with van der Waals surface area (Å²) >= 11 is 0. The maximum Gasteiger partial charge on any atom is 0.0104 e. The first-order valence-electron chi connectivity index (χ1n) is 7.16. The van der Waals surface area contributed by atoms with Gasteiger partial charge in [0, 0.05) is 12.5 Å². The Balaban J connectivity index is 2.03. The fourth-order valence-electron chi connectivity index (χ4n) is 3.06. The standard InChI is InChI=1S/C18H21N/c1-19-13-11-16-9-5-6-10-17(16)18(12-14-19)15-7-3-2-4-8-15/h2-10,18H,11-14H2,1H3/t18-/m0/s1. The average molecular weight is 251 g/mol. The Bertz CT molecular complexity index is 532. The molecule has 1 atom stereocenters. The molecule has 2 aromatic rings. The molecule has 2 aromatic carbocycles. The number of fused-ring (bicyclic) bond motifs is 1. The van der Waals surface area contributed by atoms with Crippen molar-refractivity contribution in [1.29, 1.82) is 0 Å². The van der Waals surface area contributed by atoms with E-state index in [-0.39, 0.29) is 0 Å². The molecule has 1 heteroatoms. The number of likely N-dealkylation sites (N-methyl/N-ethyl adjacent to an activating group) is 1. The molecule has 1 aliphatic rings. The molecule has 0 fully saturated rings. The molecule has 0 amide bonds. The summed E-state index contributed by atoms with van der Waals surface area (Å²) < 4.78 is 0. The summed E-state index contributed by atoms with van der Waals surface area (Å²) in [4.78, 5) is 2.45. The molecule has 19 heavy (non-hydrogen) atoms. The van der Waals surface area contributed by atoms with Gasteiger partial charge in [0.2, 0.25) is 0 Å². The van der Waals surface area contributed by atoms with Gasteiger partial charge in [-0.3, -0.25) is 0 Å². The molecule has 0 radical (unpaired) electrons. The highest BCUT2D eigenvalue weighted by Crippen LogP contribution is 2.32. The van der Waals surface area contributed by atoms with Crippen LogP contribution in [-0.2, 0) is 6.42 Å². The van der Waals surface area contributed by atoms with Crippen LogP contribution in [0.1, 0.15) is 29.0 Å². The summed E-state index contributed by atoms with van der Waals surface area (Å²) in [5.41, 5.74) is 4.50. The van der Waals surface area contributed by atoms with E-state index in [1.807, 2.05) is 0 Å². The lowest BCUT2D eigenvalue weighted by molar-refractivity contribution is 0.320. The normalized spacial score (nSPS) is 20.4. The number of hydrogen-bond acceptors (Lipinski definition) is 1. The quantitative estimate of drug-likeness (QED) is 0.747.